The fourth-order valence-electron chi connectivity index (χ4n) is 1.95. The molecule has 3 nitrogen and oxygen atoms in total. The van der Waals surface area contributed by atoms with Crippen LogP contribution in [0.2, 0.25) is 0 Å². The predicted molar refractivity (Wildman–Crippen MR) is 59.2 cm³/mol. The summed E-state index contributed by atoms with van der Waals surface area (Å²) in [5, 5.41) is 0. The van der Waals surface area contributed by atoms with E-state index in [-0.39, 0.29) is 12.1 Å². The molecule has 1 aromatic rings. The number of fused-ring (bicyclic) bond motifs is 1. The maximum atomic E-state index is 6.07. The topological polar surface area (TPSA) is 44.5 Å². The highest BCUT2D eigenvalue weighted by Crippen LogP contribution is 2.40. The molecule has 1 aliphatic rings. The minimum absolute atomic E-state index is 0.0594. The molecule has 0 aromatic heterocycles. The summed E-state index contributed by atoms with van der Waals surface area (Å²) >= 11 is 0. The molecule has 1 heterocycles. The number of benzene rings is 1. The van der Waals surface area contributed by atoms with Crippen molar-refractivity contribution >= 4 is 0 Å². The summed E-state index contributed by atoms with van der Waals surface area (Å²) in [6.45, 7) is 4.64. The second kappa shape index (κ2) is 4.11. The first kappa shape index (κ1) is 10.3. The van der Waals surface area contributed by atoms with Gasteiger partial charge in [-0.25, -0.2) is 0 Å². The molecular weight excluding hydrogens is 190 g/mol. The Kier molecular flexibility index (Phi) is 2.82. The van der Waals surface area contributed by atoms with Crippen molar-refractivity contribution in [2.75, 3.05) is 6.61 Å². The van der Waals surface area contributed by atoms with E-state index in [0.717, 1.165) is 23.5 Å². The minimum atomic E-state index is 0.0594. The molecule has 3 heteroatoms. The van der Waals surface area contributed by atoms with Gasteiger partial charge in [0, 0.05) is 18.0 Å². The van der Waals surface area contributed by atoms with Gasteiger partial charge in [-0.15, -0.1) is 0 Å². The van der Waals surface area contributed by atoms with Crippen LogP contribution < -0.4 is 15.2 Å². The van der Waals surface area contributed by atoms with Gasteiger partial charge in [-0.1, -0.05) is 12.1 Å². The van der Waals surface area contributed by atoms with Crippen molar-refractivity contribution in [3.8, 4) is 11.5 Å². The van der Waals surface area contributed by atoms with Crippen molar-refractivity contribution in [2.24, 2.45) is 5.73 Å². The molecule has 0 fully saturated rings. The Bertz CT molecular complexity index is 351. The Balaban J connectivity index is 2.40. The van der Waals surface area contributed by atoms with Crippen molar-refractivity contribution in [3.63, 3.8) is 0 Å². The molecule has 1 aliphatic heterocycles. The number of nitrogens with two attached hydrogens (primary N) is 1. The van der Waals surface area contributed by atoms with Crippen LogP contribution in [-0.4, -0.2) is 12.7 Å². The first-order valence-electron chi connectivity index (χ1n) is 5.40. The van der Waals surface area contributed by atoms with Gasteiger partial charge in [-0.05, 0) is 19.9 Å². The Morgan fingerprint density at radius 3 is 3.07 bits per heavy atom. The minimum Gasteiger partial charge on any atom is -0.490 e. The Morgan fingerprint density at radius 2 is 2.33 bits per heavy atom. The lowest BCUT2D eigenvalue weighted by atomic mass is 9.97. The normalized spacial score (nSPS) is 24.2. The van der Waals surface area contributed by atoms with E-state index < -0.39 is 0 Å². The van der Waals surface area contributed by atoms with Crippen molar-refractivity contribution in [1.29, 1.82) is 0 Å². The summed E-state index contributed by atoms with van der Waals surface area (Å²) in [5.41, 5.74) is 7.12. The van der Waals surface area contributed by atoms with Gasteiger partial charge in [0.15, 0.2) is 11.5 Å². The maximum absolute atomic E-state index is 6.07. The predicted octanol–water partition coefficient (Wildman–Crippen LogP) is 2.26. The molecule has 0 bridgehead atoms. The van der Waals surface area contributed by atoms with E-state index >= 15 is 0 Å². The van der Waals surface area contributed by atoms with Crippen molar-refractivity contribution in [2.45, 2.75) is 32.4 Å². The molecule has 0 saturated heterocycles. The molecule has 15 heavy (non-hydrogen) atoms. The third kappa shape index (κ3) is 1.92. The molecular formula is C12H17NO2. The van der Waals surface area contributed by atoms with Gasteiger partial charge in [0.1, 0.15) is 0 Å². The van der Waals surface area contributed by atoms with Crippen molar-refractivity contribution in [3.05, 3.63) is 23.8 Å². The lowest BCUT2D eigenvalue weighted by Crippen LogP contribution is -2.27. The number of rotatable bonds is 2. The van der Waals surface area contributed by atoms with Crippen LogP contribution in [0.1, 0.15) is 31.9 Å². The van der Waals surface area contributed by atoms with Crippen molar-refractivity contribution in [1.82, 2.24) is 0 Å². The Hall–Kier alpha value is -1.22. The highest BCUT2D eigenvalue weighted by molar-refractivity contribution is 5.49. The van der Waals surface area contributed by atoms with Gasteiger partial charge in [0.2, 0.25) is 0 Å². The average Bonchev–Trinajstić information content (AvgIpc) is 2.19. The summed E-state index contributed by atoms with van der Waals surface area (Å²) in [4.78, 5) is 0. The fraction of sp³-hybridized carbons (Fsp3) is 0.500. The van der Waals surface area contributed by atoms with Gasteiger partial charge in [0.05, 0.1) is 12.7 Å². The lowest BCUT2D eigenvalue weighted by Gasteiger charge is -2.29. The highest BCUT2D eigenvalue weighted by Gasteiger charge is 2.25. The zero-order chi connectivity index (χ0) is 10.8. The van der Waals surface area contributed by atoms with Crippen LogP contribution >= 0.6 is 0 Å². The molecule has 1 aromatic carbocycles. The largest absolute Gasteiger partial charge is 0.490 e. The quantitative estimate of drug-likeness (QED) is 0.809. The summed E-state index contributed by atoms with van der Waals surface area (Å²) in [5.74, 6) is 1.63. The second-order valence-electron chi connectivity index (χ2n) is 3.88. The van der Waals surface area contributed by atoms with E-state index in [1.54, 1.807) is 0 Å². The third-order valence-corrected chi connectivity index (χ3v) is 2.61. The molecule has 0 saturated carbocycles. The number of ether oxygens (including phenoxy) is 2. The molecule has 2 atom stereocenters. The van der Waals surface area contributed by atoms with Gasteiger partial charge in [-0.2, -0.15) is 0 Å². The molecule has 0 aliphatic carbocycles. The van der Waals surface area contributed by atoms with Gasteiger partial charge in [0.25, 0.3) is 0 Å². The lowest BCUT2D eigenvalue weighted by molar-refractivity contribution is 0.166. The number of hydrogen-bond donors (Lipinski definition) is 1. The summed E-state index contributed by atoms with van der Waals surface area (Å²) in [6.07, 6.45) is 1.02. The van der Waals surface area contributed by atoms with E-state index in [9.17, 15) is 0 Å². The van der Waals surface area contributed by atoms with E-state index in [1.165, 1.54) is 0 Å². The first-order chi connectivity index (χ1) is 7.22. The molecule has 2 rings (SSSR count). The summed E-state index contributed by atoms with van der Waals surface area (Å²) in [7, 11) is 0. The fourth-order valence-corrected chi connectivity index (χ4v) is 1.95. The van der Waals surface area contributed by atoms with Crippen molar-refractivity contribution < 1.29 is 9.47 Å². The SMILES string of the molecule is CCOc1cccc2c1OC(C)CC2N. The number of hydrogen-bond acceptors (Lipinski definition) is 3. The molecule has 2 N–H and O–H groups in total. The van der Waals surface area contributed by atoms with Crippen LogP contribution in [0.3, 0.4) is 0 Å². The smallest absolute Gasteiger partial charge is 0.166 e. The van der Waals surface area contributed by atoms with E-state index in [0.29, 0.717) is 6.61 Å². The van der Waals surface area contributed by atoms with Gasteiger partial charge in [-0.3, -0.25) is 0 Å². The van der Waals surface area contributed by atoms with E-state index in [4.69, 9.17) is 15.2 Å². The molecule has 0 amide bonds. The first-order valence-corrected chi connectivity index (χ1v) is 5.40. The van der Waals surface area contributed by atoms with Crippen LogP contribution in [0.5, 0.6) is 11.5 Å². The summed E-state index contributed by atoms with van der Waals surface area (Å²) < 4.78 is 11.3. The molecule has 0 radical (unpaired) electrons. The third-order valence-electron chi connectivity index (χ3n) is 2.61. The zero-order valence-corrected chi connectivity index (χ0v) is 9.19. The molecule has 0 spiro atoms. The average molecular weight is 207 g/mol. The zero-order valence-electron chi connectivity index (χ0n) is 9.19. The summed E-state index contributed by atoms with van der Waals surface area (Å²) in [6, 6.07) is 5.95. The van der Waals surface area contributed by atoms with Crippen LogP contribution in [-0.2, 0) is 0 Å². The van der Waals surface area contributed by atoms with E-state index in [2.05, 4.69) is 0 Å². The monoisotopic (exact) mass is 207 g/mol. The second-order valence-corrected chi connectivity index (χ2v) is 3.88. The Labute approximate surface area is 90.2 Å². The molecule has 2 unspecified atom stereocenters. The van der Waals surface area contributed by atoms with Crippen LogP contribution in [0.25, 0.3) is 0 Å². The van der Waals surface area contributed by atoms with Crippen LogP contribution in [0.4, 0.5) is 0 Å². The van der Waals surface area contributed by atoms with Crippen LogP contribution in [0, 0.1) is 0 Å². The number of para-hydroxylation sites is 1. The standard InChI is InChI=1S/C12H17NO2/c1-3-14-11-6-4-5-9-10(13)7-8(2)15-12(9)11/h4-6,8,10H,3,7,13H2,1-2H3. The Morgan fingerprint density at radius 1 is 1.53 bits per heavy atom. The molecule has 82 valence electrons. The van der Waals surface area contributed by atoms with Crippen LogP contribution in [0.15, 0.2) is 18.2 Å². The maximum Gasteiger partial charge on any atom is 0.166 e. The van der Waals surface area contributed by atoms with Gasteiger partial charge < -0.3 is 15.2 Å². The highest BCUT2D eigenvalue weighted by atomic mass is 16.5. The van der Waals surface area contributed by atoms with Gasteiger partial charge >= 0.3 is 0 Å². The van der Waals surface area contributed by atoms with E-state index in [1.807, 2.05) is 32.0 Å².